The van der Waals surface area contributed by atoms with Crippen LogP contribution < -0.4 is 4.74 Å². The van der Waals surface area contributed by atoms with E-state index in [2.05, 4.69) is 9.72 Å². The molecule has 1 rings (SSSR count). The second kappa shape index (κ2) is 2.69. The molecule has 0 spiro atoms. The van der Waals surface area contributed by atoms with Crippen molar-refractivity contribution in [1.29, 1.82) is 0 Å². The van der Waals surface area contributed by atoms with E-state index in [1.807, 2.05) is 0 Å². The highest BCUT2D eigenvalue weighted by Crippen LogP contribution is 2.12. The fraction of sp³-hybridized carbons (Fsp3) is 0.167. The minimum Gasteiger partial charge on any atom is -0.497 e. The van der Waals surface area contributed by atoms with Gasteiger partial charge in [-0.3, -0.25) is 0 Å². The van der Waals surface area contributed by atoms with Crippen LogP contribution in [0.4, 0.5) is 0 Å². The van der Waals surface area contributed by atoms with Gasteiger partial charge in [0.2, 0.25) is 0 Å². The normalized spacial score (nSPS) is 15.4. The lowest BCUT2D eigenvalue weighted by Gasteiger charge is -1.96. The maximum atomic E-state index is 6.79. The summed E-state index contributed by atoms with van der Waals surface area (Å²) in [5, 5.41) is 0.205. The van der Waals surface area contributed by atoms with Crippen LogP contribution in [0.15, 0.2) is 18.3 Å². The van der Waals surface area contributed by atoms with Crippen molar-refractivity contribution >= 4 is 11.6 Å². The lowest BCUT2D eigenvalue weighted by Crippen LogP contribution is -1.82. The molecular formula is C6H6ClNO. The van der Waals surface area contributed by atoms with Crippen LogP contribution in [-0.4, -0.2) is 12.0 Å². The van der Waals surface area contributed by atoms with Crippen molar-refractivity contribution in [3.8, 4) is 5.75 Å². The van der Waals surface area contributed by atoms with Gasteiger partial charge in [0, 0.05) is 12.3 Å². The highest BCUT2D eigenvalue weighted by Gasteiger charge is 1.89. The van der Waals surface area contributed by atoms with Crippen LogP contribution in [0.2, 0.25) is 5.15 Å². The second-order valence-corrected chi connectivity index (χ2v) is 1.80. The van der Waals surface area contributed by atoms with Gasteiger partial charge in [0.05, 0.1) is 11.2 Å². The number of hydrogen-bond acceptors (Lipinski definition) is 2. The van der Waals surface area contributed by atoms with Crippen LogP contribution in [-0.2, 0) is 0 Å². The van der Waals surface area contributed by atoms with Crippen molar-refractivity contribution in [2.75, 3.05) is 7.04 Å². The first-order valence-corrected chi connectivity index (χ1v) is 2.66. The van der Waals surface area contributed by atoms with Gasteiger partial charge < -0.3 is 4.74 Å². The van der Waals surface area contributed by atoms with Crippen molar-refractivity contribution in [3.63, 3.8) is 0 Å². The molecule has 1 aromatic heterocycles. The fourth-order valence-electron chi connectivity index (χ4n) is 0.448. The fourth-order valence-corrected chi connectivity index (χ4v) is 0.612. The minimum absolute atomic E-state index is 0.190. The van der Waals surface area contributed by atoms with Crippen molar-refractivity contribution < 1.29 is 8.85 Å². The summed E-state index contributed by atoms with van der Waals surface area (Å²) in [6, 6.07) is 2.77. The largest absolute Gasteiger partial charge is 0.497 e. The first-order chi connectivity index (χ1) is 5.47. The van der Waals surface area contributed by atoms with E-state index in [0.29, 0.717) is 0 Å². The van der Waals surface area contributed by atoms with Gasteiger partial charge in [-0.15, -0.1) is 0 Å². The molecule has 0 radical (unpaired) electrons. The SMILES string of the molecule is [2H]C([2H])([2H])Oc1ccnc(Cl)c1. The third-order valence-corrected chi connectivity index (χ3v) is 1.02. The Kier molecular flexibility index (Phi) is 1.02. The van der Waals surface area contributed by atoms with E-state index in [9.17, 15) is 0 Å². The number of rotatable bonds is 1. The Morgan fingerprint density at radius 1 is 1.89 bits per heavy atom. The number of ether oxygens (including phenoxy) is 1. The first-order valence-electron chi connectivity index (χ1n) is 3.78. The van der Waals surface area contributed by atoms with Gasteiger partial charge in [0.1, 0.15) is 10.9 Å². The van der Waals surface area contributed by atoms with Crippen LogP contribution in [0.5, 0.6) is 5.75 Å². The standard InChI is InChI=1S/C6H6ClNO/c1-9-5-2-3-8-6(7)4-5/h2-4H,1H3/i1D3. The minimum atomic E-state index is -2.44. The lowest BCUT2D eigenvalue weighted by molar-refractivity contribution is 0.414. The Labute approximate surface area is 62.6 Å². The average Bonchev–Trinajstić information content (AvgIpc) is 1.82. The molecule has 0 aliphatic rings. The number of halogens is 1. The summed E-state index contributed by atoms with van der Waals surface area (Å²) in [5.74, 6) is 0.190. The lowest BCUT2D eigenvalue weighted by atomic mass is 10.5. The molecule has 1 heterocycles. The Hall–Kier alpha value is -0.760. The molecule has 1 aromatic rings. The summed E-state index contributed by atoms with van der Waals surface area (Å²) in [6.45, 7) is 0. The molecule has 0 saturated heterocycles. The Bertz CT molecular complexity index is 276. The topological polar surface area (TPSA) is 22.1 Å². The molecule has 0 aliphatic heterocycles. The third-order valence-electron chi connectivity index (χ3n) is 0.816. The van der Waals surface area contributed by atoms with Gasteiger partial charge in [0.15, 0.2) is 0 Å². The van der Waals surface area contributed by atoms with Gasteiger partial charge in [-0.05, 0) is 6.07 Å². The van der Waals surface area contributed by atoms with Crippen LogP contribution in [0, 0.1) is 0 Å². The summed E-state index contributed by atoms with van der Waals surface area (Å²) in [6.07, 6.45) is 1.38. The van der Waals surface area contributed by atoms with Gasteiger partial charge in [-0.2, -0.15) is 0 Å². The van der Waals surface area contributed by atoms with Crippen LogP contribution in [0.1, 0.15) is 4.11 Å². The Morgan fingerprint density at radius 3 is 3.44 bits per heavy atom. The number of aromatic nitrogens is 1. The van der Waals surface area contributed by atoms with Gasteiger partial charge in [0.25, 0.3) is 0 Å². The van der Waals surface area contributed by atoms with Crippen LogP contribution in [0.3, 0.4) is 0 Å². The van der Waals surface area contributed by atoms with Crippen LogP contribution in [0.25, 0.3) is 0 Å². The van der Waals surface area contributed by atoms with E-state index in [4.69, 9.17) is 15.7 Å². The molecule has 48 valence electrons. The third kappa shape index (κ3) is 1.57. The van der Waals surface area contributed by atoms with Gasteiger partial charge in [-0.1, -0.05) is 11.6 Å². The molecule has 0 aromatic carbocycles. The molecule has 0 fully saturated rings. The molecule has 9 heavy (non-hydrogen) atoms. The smallest absolute Gasteiger partial charge is 0.132 e. The summed E-state index contributed by atoms with van der Waals surface area (Å²) in [7, 11) is -2.44. The van der Waals surface area contributed by atoms with Gasteiger partial charge >= 0.3 is 0 Å². The molecule has 0 aliphatic carbocycles. The van der Waals surface area contributed by atoms with Crippen molar-refractivity contribution in [1.82, 2.24) is 4.98 Å². The number of pyridine rings is 1. The summed E-state index contributed by atoms with van der Waals surface area (Å²) >= 11 is 5.50. The van der Waals surface area contributed by atoms with Crippen LogP contribution >= 0.6 is 11.6 Å². The molecule has 2 nitrogen and oxygen atoms in total. The van der Waals surface area contributed by atoms with Gasteiger partial charge in [-0.25, -0.2) is 4.98 Å². The highest BCUT2D eigenvalue weighted by atomic mass is 35.5. The molecule has 3 heteroatoms. The van der Waals surface area contributed by atoms with E-state index in [-0.39, 0.29) is 10.9 Å². The van der Waals surface area contributed by atoms with E-state index in [1.165, 1.54) is 18.3 Å². The maximum Gasteiger partial charge on any atom is 0.132 e. The summed E-state index contributed by atoms with van der Waals surface area (Å²) < 4.78 is 24.9. The number of nitrogens with zero attached hydrogens (tertiary/aromatic N) is 1. The molecule has 0 bridgehead atoms. The quantitative estimate of drug-likeness (QED) is 0.563. The van der Waals surface area contributed by atoms with Crippen molar-refractivity contribution in [2.24, 2.45) is 0 Å². The zero-order valence-electron chi connectivity index (χ0n) is 7.47. The monoisotopic (exact) mass is 146 g/mol. The Balaban J connectivity index is 2.77. The zero-order chi connectivity index (χ0) is 9.19. The van der Waals surface area contributed by atoms with Crippen molar-refractivity contribution in [2.45, 2.75) is 0 Å². The highest BCUT2D eigenvalue weighted by molar-refractivity contribution is 6.29. The molecule has 0 saturated carbocycles. The molecule has 0 unspecified atom stereocenters. The molecule has 0 N–H and O–H groups in total. The van der Waals surface area contributed by atoms with E-state index >= 15 is 0 Å². The van der Waals surface area contributed by atoms with E-state index < -0.39 is 7.04 Å². The molecule has 0 atom stereocenters. The second-order valence-electron chi connectivity index (χ2n) is 1.42. The summed E-state index contributed by atoms with van der Waals surface area (Å²) in [5.41, 5.74) is 0. The van der Waals surface area contributed by atoms with Crippen molar-refractivity contribution in [3.05, 3.63) is 23.5 Å². The molecular weight excluding hydrogens is 138 g/mol. The predicted octanol–water partition coefficient (Wildman–Crippen LogP) is 1.74. The maximum absolute atomic E-state index is 6.79. The number of methoxy groups -OCH3 is 1. The van der Waals surface area contributed by atoms with E-state index in [1.54, 1.807) is 0 Å². The Morgan fingerprint density at radius 2 is 2.78 bits per heavy atom. The first kappa shape index (κ1) is 3.42. The predicted molar refractivity (Wildman–Crippen MR) is 35.8 cm³/mol. The number of hydrogen-bond donors (Lipinski definition) is 0. The molecule has 0 amide bonds. The summed E-state index contributed by atoms with van der Waals surface area (Å²) in [4.78, 5) is 3.67. The average molecular weight is 147 g/mol. The van der Waals surface area contributed by atoms with E-state index in [0.717, 1.165) is 0 Å². The zero-order valence-corrected chi connectivity index (χ0v) is 5.22.